The van der Waals surface area contributed by atoms with Gasteiger partial charge in [0.2, 0.25) is 0 Å². The summed E-state index contributed by atoms with van der Waals surface area (Å²) in [6.45, 7) is 2.01. The van der Waals surface area contributed by atoms with E-state index < -0.39 is 11.6 Å². The number of rotatable bonds is 6. The van der Waals surface area contributed by atoms with E-state index in [9.17, 15) is 13.6 Å². The van der Waals surface area contributed by atoms with Crippen LogP contribution in [0, 0.1) is 11.6 Å². The molecule has 0 unspecified atom stereocenters. The average Bonchev–Trinajstić information content (AvgIpc) is 3.48. The zero-order valence-electron chi connectivity index (χ0n) is 14.7. The van der Waals surface area contributed by atoms with Crippen LogP contribution in [0.5, 0.6) is 11.5 Å². The van der Waals surface area contributed by atoms with E-state index in [0.29, 0.717) is 12.3 Å². The Hall–Kier alpha value is -2.14. The van der Waals surface area contributed by atoms with Gasteiger partial charge in [-0.2, -0.15) is 0 Å². The number of methoxy groups -OCH3 is 1. The SMILES string of the molecule is CCC=O.COc1cccc(C2CC2)c1COc1cc(F)c(F)cc1Cl. The molecular weight excluding hydrogens is 362 g/mol. The summed E-state index contributed by atoms with van der Waals surface area (Å²) in [6.07, 6.45) is 3.80. The third-order valence-electron chi connectivity index (χ3n) is 3.92. The summed E-state index contributed by atoms with van der Waals surface area (Å²) in [5, 5.41) is 0.0433. The van der Waals surface area contributed by atoms with Crippen molar-refractivity contribution in [3.8, 4) is 11.5 Å². The Labute approximate surface area is 156 Å². The molecule has 3 nitrogen and oxygen atoms in total. The fourth-order valence-corrected chi connectivity index (χ4v) is 2.67. The topological polar surface area (TPSA) is 35.5 Å². The third kappa shape index (κ3) is 5.18. The van der Waals surface area contributed by atoms with Crippen molar-refractivity contribution in [3.63, 3.8) is 0 Å². The standard InChI is InChI=1S/C17H15ClF2O2.C3H6O/c1-21-16-4-2-3-11(10-5-6-10)12(16)9-22-17-8-15(20)14(19)7-13(17)18;1-2-3-4/h2-4,7-8,10H,5-6,9H2,1H3;3H,2H2,1H3. The average molecular weight is 383 g/mol. The first-order valence-electron chi connectivity index (χ1n) is 8.38. The molecule has 0 radical (unpaired) electrons. The van der Waals surface area contributed by atoms with E-state index in [1.807, 2.05) is 25.1 Å². The van der Waals surface area contributed by atoms with Gasteiger partial charge >= 0.3 is 0 Å². The van der Waals surface area contributed by atoms with Crippen molar-refractivity contribution in [2.45, 2.75) is 38.7 Å². The second-order valence-corrected chi connectivity index (χ2v) is 6.27. The zero-order valence-corrected chi connectivity index (χ0v) is 15.5. The summed E-state index contributed by atoms with van der Waals surface area (Å²) in [4.78, 5) is 9.17. The molecule has 1 saturated carbocycles. The molecule has 0 saturated heterocycles. The van der Waals surface area contributed by atoms with Crippen LogP contribution in [0.1, 0.15) is 43.2 Å². The molecule has 3 rings (SSSR count). The lowest BCUT2D eigenvalue weighted by Gasteiger charge is -2.15. The van der Waals surface area contributed by atoms with Crippen molar-refractivity contribution in [2.75, 3.05) is 7.11 Å². The number of aldehydes is 1. The molecule has 1 aliphatic carbocycles. The van der Waals surface area contributed by atoms with E-state index in [1.54, 1.807) is 7.11 Å². The molecule has 0 aromatic heterocycles. The van der Waals surface area contributed by atoms with Gasteiger partial charge in [-0.05, 0) is 36.5 Å². The van der Waals surface area contributed by atoms with Gasteiger partial charge in [0.1, 0.15) is 24.4 Å². The van der Waals surface area contributed by atoms with Gasteiger partial charge in [0.15, 0.2) is 11.6 Å². The van der Waals surface area contributed by atoms with Gasteiger partial charge in [0.05, 0.1) is 12.1 Å². The predicted molar refractivity (Wildman–Crippen MR) is 97.0 cm³/mol. The maximum absolute atomic E-state index is 13.3. The molecule has 2 aromatic rings. The Morgan fingerprint density at radius 3 is 2.42 bits per heavy atom. The van der Waals surface area contributed by atoms with Gasteiger partial charge < -0.3 is 14.3 Å². The smallest absolute Gasteiger partial charge is 0.162 e. The fourth-order valence-electron chi connectivity index (χ4n) is 2.47. The van der Waals surface area contributed by atoms with Gasteiger partial charge in [-0.25, -0.2) is 8.78 Å². The van der Waals surface area contributed by atoms with Crippen LogP contribution in [0.4, 0.5) is 8.78 Å². The molecule has 1 aliphatic rings. The molecule has 2 aromatic carbocycles. The lowest BCUT2D eigenvalue weighted by molar-refractivity contribution is -0.107. The number of carbonyl (C=O) groups excluding carboxylic acids is 1. The number of halogens is 3. The monoisotopic (exact) mass is 382 g/mol. The van der Waals surface area contributed by atoms with E-state index in [0.717, 1.165) is 42.6 Å². The van der Waals surface area contributed by atoms with Crippen LogP contribution in [-0.4, -0.2) is 13.4 Å². The van der Waals surface area contributed by atoms with Crippen molar-refractivity contribution < 1.29 is 23.0 Å². The lowest BCUT2D eigenvalue weighted by atomic mass is 10.0. The first kappa shape index (κ1) is 20.2. The Morgan fingerprint density at radius 1 is 1.19 bits per heavy atom. The Kier molecular flexibility index (Phi) is 7.39. The second kappa shape index (κ2) is 9.53. The molecule has 0 amide bonds. The van der Waals surface area contributed by atoms with Gasteiger partial charge in [0, 0.05) is 18.1 Å². The summed E-state index contributed by atoms with van der Waals surface area (Å²) < 4.78 is 37.4. The number of hydrogen-bond donors (Lipinski definition) is 0. The number of benzene rings is 2. The molecule has 26 heavy (non-hydrogen) atoms. The Bertz CT molecular complexity index is 761. The molecule has 0 spiro atoms. The molecule has 140 valence electrons. The van der Waals surface area contributed by atoms with Crippen LogP contribution in [-0.2, 0) is 11.4 Å². The highest BCUT2D eigenvalue weighted by atomic mass is 35.5. The van der Waals surface area contributed by atoms with Crippen molar-refractivity contribution in [1.82, 2.24) is 0 Å². The summed E-state index contributed by atoms with van der Waals surface area (Å²) in [7, 11) is 1.60. The molecule has 0 aliphatic heterocycles. The van der Waals surface area contributed by atoms with E-state index in [1.165, 1.54) is 5.56 Å². The van der Waals surface area contributed by atoms with Gasteiger partial charge in [-0.3, -0.25) is 0 Å². The molecule has 0 atom stereocenters. The summed E-state index contributed by atoms with van der Waals surface area (Å²) in [5.41, 5.74) is 2.10. The highest BCUT2D eigenvalue weighted by Crippen LogP contribution is 2.44. The largest absolute Gasteiger partial charge is 0.496 e. The first-order valence-corrected chi connectivity index (χ1v) is 8.76. The van der Waals surface area contributed by atoms with Gasteiger partial charge in [-0.15, -0.1) is 0 Å². The molecule has 0 heterocycles. The van der Waals surface area contributed by atoms with Crippen molar-refractivity contribution in [1.29, 1.82) is 0 Å². The normalized spacial score (nSPS) is 12.8. The van der Waals surface area contributed by atoms with E-state index >= 15 is 0 Å². The lowest BCUT2D eigenvalue weighted by Crippen LogP contribution is -2.03. The first-order chi connectivity index (χ1) is 12.5. The van der Waals surface area contributed by atoms with Crippen LogP contribution in [0.15, 0.2) is 30.3 Å². The maximum atomic E-state index is 13.3. The molecule has 6 heteroatoms. The van der Waals surface area contributed by atoms with Crippen LogP contribution >= 0.6 is 11.6 Å². The van der Waals surface area contributed by atoms with Gasteiger partial charge in [-0.1, -0.05) is 30.7 Å². The summed E-state index contributed by atoms with van der Waals surface area (Å²) in [5.74, 6) is -0.611. The summed E-state index contributed by atoms with van der Waals surface area (Å²) in [6, 6.07) is 7.73. The molecule has 0 bridgehead atoms. The van der Waals surface area contributed by atoms with Crippen molar-refractivity contribution >= 4 is 17.9 Å². The highest BCUT2D eigenvalue weighted by Gasteiger charge is 2.27. The van der Waals surface area contributed by atoms with Crippen molar-refractivity contribution in [2.24, 2.45) is 0 Å². The van der Waals surface area contributed by atoms with Crippen LogP contribution < -0.4 is 9.47 Å². The number of ether oxygens (including phenoxy) is 2. The van der Waals surface area contributed by atoms with Crippen LogP contribution in [0.3, 0.4) is 0 Å². The third-order valence-corrected chi connectivity index (χ3v) is 4.22. The maximum Gasteiger partial charge on any atom is 0.162 e. The highest BCUT2D eigenvalue weighted by molar-refractivity contribution is 6.32. The Balaban J connectivity index is 0.000000552. The number of carbonyl (C=O) groups is 1. The minimum absolute atomic E-state index is 0.0433. The molecule has 1 fully saturated rings. The fraction of sp³-hybridized carbons (Fsp3) is 0.350. The van der Waals surface area contributed by atoms with E-state index in [2.05, 4.69) is 0 Å². The van der Waals surface area contributed by atoms with Crippen molar-refractivity contribution in [3.05, 3.63) is 58.1 Å². The minimum Gasteiger partial charge on any atom is -0.496 e. The predicted octanol–water partition coefficient (Wildman–Crippen LogP) is 5.68. The van der Waals surface area contributed by atoms with Crippen LogP contribution in [0.25, 0.3) is 0 Å². The van der Waals surface area contributed by atoms with E-state index in [4.69, 9.17) is 21.1 Å². The summed E-state index contributed by atoms with van der Waals surface area (Å²) >= 11 is 5.89. The zero-order chi connectivity index (χ0) is 19.1. The molecule has 0 N–H and O–H groups in total. The minimum atomic E-state index is -0.992. The quantitative estimate of drug-likeness (QED) is 0.476. The van der Waals surface area contributed by atoms with E-state index in [-0.39, 0.29) is 17.4 Å². The number of hydrogen-bond acceptors (Lipinski definition) is 3. The van der Waals surface area contributed by atoms with Gasteiger partial charge in [0.25, 0.3) is 0 Å². The second-order valence-electron chi connectivity index (χ2n) is 5.86. The molecular formula is C20H21ClF2O3. The van der Waals surface area contributed by atoms with Crippen LogP contribution in [0.2, 0.25) is 5.02 Å². The Morgan fingerprint density at radius 2 is 1.85 bits per heavy atom.